The Labute approximate surface area is 215 Å². The molecule has 1 aromatic heterocycles. The average Bonchev–Trinajstić information content (AvgIpc) is 3.55. The van der Waals surface area contributed by atoms with Gasteiger partial charge in [-0.2, -0.15) is 0 Å². The lowest BCUT2D eigenvalue weighted by molar-refractivity contribution is 0.0970. The Kier molecular flexibility index (Phi) is 6.92. The van der Waals surface area contributed by atoms with Gasteiger partial charge in [-0.05, 0) is 42.7 Å². The highest BCUT2D eigenvalue weighted by atomic mass is 16.5. The molecule has 1 unspecified atom stereocenters. The van der Waals surface area contributed by atoms with E-state index in [1.54, 1.807) is 38.6 Å². The Morgan fingerprint density at radius 2 is 1.92 bits per heavy atom. The second kappa shape index (κ2) is 10.4. The van der Waals surface area contributed by atoms with Gasteiger partial charge in [0.05, 0.1) is 20.8 Å². The van der Waals surface area contributed by atoms with E-state index in [4.69, 9.17) is 14.2 Å². The summed E-state index contributed by atoms with van der Waals surface area (Å²) >= 11 is 0. The SMILES string of the molecule is COc1cc(NC(C(=O)c2c[nH]c3cc4c(cc23)CCN4)c2ccc(C)cc2OC)cc(OCCO)c1. The Morgan fingerprint density at radius 3 is 2.70 bits per heavy atom. The Bertz CT molecular complexity index is 1450. The molecular formula is C29H31N3O5. The summed E-state index contributed by atoms with van der Waals surface area (Å²) in [5.74, 6) is 1.61. The van der Waals surface area contributed by atoms with Crippen molar-refractivity contribution in [3.8, 4) is 17.2 Å². The lowest BCUT2D eigenvalue weighted by Crippen LogP contribution is -2.22. The number of aliphatic hydroxyl groups excluding tert-OH is 1. The van der Waals surface area contributed by atoms with Gasteiger partial charge in [-0.1, -0.05) is 12.1 Å². The van der Waals surface area contributed by atoms with Crippen molar-refractivity contribution in [2.24, 2.45) is 0 Å². The van der Waals surface area contributed by atoms with E-state index in [2.05, 4.69) is 27.8 Å². The van der Waals surface area contributed by atoms with Crippen LogP contribution in [0.3, 0.4) is 0 Å². The first-order valence-corrected chi connectivity index (χ1v) is 12.3. The van der Waals surface area contributed by atoms with Gasteiger partial charge in [0.15, 0.2) is 5.78 Å². The number of ether oxygens (including phenoxy) is 3. The molecular weight excluding hydrogens is 470 g/mol. The van der Waals surface area contributed by atoms with Crippen molar-refractivity contribution in [3.63, 3.8) is 0 Å². The number of hydrogen-bond donors (Lipinski definition) is 4. The molecule has 4 aromatic rings. The van der Waals surface area contributed by atoms with Crippen LogP contribution >= 0.6 is 0 Å². The van der Waals surface area contributed by atoms with Crippen LogP contribution in [-0.4, -0.2) is 49.9 Å². The summed E-state index contributed by atoms with van der Waals surface area (Å²) in [7, 11) is 3.17. The van der Waals surface area contributed by atoms with Gasteiger partial charge in [-0.3, -0.25) is 4.79 Å². The highest BCUT2D eigenvalue weighted by Gasteiger charge is 2.28. The van der Waals surface area contributed by atoms with E-state index in [1.165, 1.54) is 5.56 Å². The second-order valence-corrected chi connectivity index (χ2v) is 9.09. The van der Waals surface area contributed by atoms with Gasteiger partial charge in [-0.15, -0.1) is 0 Å². The molecule has 3 aromatic carbocycles. The summed E-state index contributed by atoms with van der Waals surface area (Å²) < 4.78 is 16.8. The highest BCUT2D eigenvalue weighted by molar-refractivity contribution is 6.12. The lowest BCUT2D eigenvalue weighted by atomic mass is 9.94. The standard InChI is InChI=1S/C29H31N3O5/c1-17-4-5-22(27(10-17)36-3)28(32-19-12-20(35-2)14-21(13-19)37-9-8-33)29(34)24-16-31-26-15-25-18(6-7-30-25)11-23(24)26/h4-5,10-16,28,30-33H,6-9H2,1-3H3. The number of aromatic amines is 1. The van der Waals surface area contributed by atoms with Crippen LogP contribution in [0, 0.1) is 6.92 Å². The topological polar surface area (TPSA) is 105 Å². The molecule has 0 radical (unpaired) electrons. The summed E-state index contributed by atoms with van der Waals surface area (Å²) in [6.45, 7) is 2.92. The van der Waals surface area contributed by atoms with E-state index in [9.17, 15) is 9.90 Å². The number of nitrogens with one attached hydrogen (secondary N) is 3. The minimum Gasteiger partial charge on any atom is -0.497 e. The summed E-state index contributed by atoms with van der Waals surface area (Å²) in [5, 5.41) is 16.9. The quantitative estimate of drug-likeness (QED) is 0.230. The zero-order chi connectivity index (χ0) is 25.9. The number of carbonyl (C=O) groups excluding carboxylic acids is 1. The van der Waals surface area contributed by atoms with Gasteiger partial charge in [-0.25, -0.2) is 0 Å². The predicted octanol–water partition coefficient (Wildman–Crippen LogP) is 4.87. The fourth-order valence-electron chi connectivity index (χ4n) is 4.80. The van der Waals surface area contributed by atoms with Crippen LogP contribution in [0.15, 0.2) is 54.7 Å². The monoisotopic (exact) mass is 501 g/mol. The molecule has 37 heavy (non-hydrogen) atoms. The third kappa shape index (κ3) is 4.93. The molecule has 0 saturated heterocycles. The number of aliphatic hydroxyl groups is 1. The molecule has 192 valence electrons. The fraction of sp³-hybridized carbons (Fsp3) is 0.276. The molecule has 1 aliphatic rings. The van der Waals surface area contributed by atoms with Crippen LogP contribution in [-0.2, 0) is 6.42 Å². The van der Waals surface area contributed by atoms with Crippen molar-refractivity contribution < 1.29 is 24.1 Å². The maximum atomic E-state index is 14.2. The van der Waals surface area contributed by atoms with Gasteiger partial charge >= 0.3 is 0 Å². The number of benzene rings is 3. The zero-order valence-corrected chi connectivity index (χ0v) is 21.2. The highest BCUT2D eigenvalue weighted by Crippen LogP contribution is 2.37. The second-order valence-electron chi connectivity index (χ2n) is 9.09. The summed E-state index contributed by atoms with van der Waals surface area (Å²) in [6.07, 6.45) is 2.71. The van der Waals surface area contributed by atoms with Crippen molar-refractivity contribution >= 4 is 28.1 Å². The molecule has 0 spiro atoms. The van der Waals surface area contributed by atoms with Gasteiger partial charge in [0.2, 0.25) is 0 Å². The van der Waals surface area contributed by atoms with Crippen LogP contribution in [0.1, 0.15) is 33.1 Å². The number of hydrogen-bond acceptors (Lipinski definition) is 7. The molecule has 0 amide bonds. The van der Waals surface area contributed by atoms with E-state index in [0.717, 1.165) is 40.7 Å². The average molecular weight is 502 g/mol. The number of rotatable bonds is 10. The number of ketones is 1. The lowest BCUT2D eigenvalue weighted by Gasteiger charge is -2.22. The van der Waals surface area contributed by atoms with E-state index in [0.29, 0.717) is 28.5 Å². The summed E-state index contributed by atoms with van der Waals surface area (Å²) in [6, 6.07) is 14.6. The van der Waals surface area contributed by atoms with Gasteiger partial charge < -0.3 is 34.9 Å². The maximum absolute atomic E-state index is 14.2. The molecule has 8 heteroatoms. The minimum atomic E-state index is -0.751. The number of methoxy groups -OCH3 is 2. The molecule has 1 aliphatic heterocycles. The Hall–Kier alpha value is -4.17. The molecule has 0 bridgehead atoms. The zero-order valence-electron chi connectivity index (χ0n) is 21.2. The van der Waals surface area contributed by atoms with Crippen molar-refractivity contribution in [1.29, 1.82) is 0 Å². The molecule has 1 atom stereocenters. The van der Waals surface area contributed by atoms with Crippen molar-refractivity contribution in [2.75, 3.05) is 44.6 Å². The first kappa shape index (κ1) is 24.5. The molecule has 4 N–H and O–H groups in total. The van der Waals surface area contributed by atoms with Gasteiger partial charge in [0.1, 0.15) is 29.9 Å². The third-order valence-electron chi connectivity index (χ3n) is 6.63. The van der Waals surface area contributed by atoms with Crippen LogP contribution in [0.5, 0.6) is 17.2 Å². The number of carbonyl (C=O) groups is 1. The smallest absolute Gasteiger partial charge is 0.191 e. The van der Waals surface area contributed by atoms with Crippen LogP contribution < -0.4 is 24.8 Å². The molecule has 8 nitrogen and oxygen atoms in total. The number of H-pyrrole nitrogens is 1. The Balaban J connectivity index is 1.59. The minimum absolute atomic E-state index is 0.0973. The molecule has 5 rings (SSSR count). The van der Waals surface area contributed by atoms with E-state index in [-0.39, 0.29) is 19.0 Å². The van der Waals surface area contributed by atoms with Gasteiger partial charge in [0.25, 0.3) is 0 Å². The molecule has 0 aliphatic carbocycles. The van der Waals surface area contributed by atoms with E-state index in [1.807, 2.05) is 25.1 Å². The fourth-order valence-corrected chi connectivity index (χ4v) is 4.80. The maximum Gasteiger partial charge on any atom is 0.191 e. The molecule has 0 saturated carbocycles. The third-order valence-corrected chi connectivity index (χ3v) is 6.63. The first-order chi connectivity index (χ1) is 18.0. The van der Waals surface area contributed by atoms with Crippen LogP contribution in [0.2, 0.25) is 0 Å². The summed E-state index contributed by atoms with van der Waals surface area (Å²) in [5.41, 5.74) is 6.21. The first-order valence-electron chi connectivity index (χ1n) is 12.3. The number of aryl methyl sites for hydroxylation is 1. The number of Topliss-reactive ketones (excluding diaryl/α,β-unsaturated/α-hetero) is 1. The molecule has 2 heterocycles. The number of aromatic nitrogens is 1. The molecule has 0 fully saturated rings. The number of anilines is 2. The summed E-state index contributed by atoms with van der Waals surface area (Å²) in [4.78, 5) is 17.5. The Morgan fingerprint density at radius 1 is 1.08 bits per heavy atom. The van der Waals surface area contributed by atoms with Gasteiger partial charge in [0, 0.05) is 64.3 Å². The largest absolute Gasteiger partial charge is 0.497 e. The van der Waals surface area contributed by atoms with Crippen molar-refractivity contribution in [3.05, 3.63) is 77.0 Å². The van der Waals surface area contributed by atoms with E-state index < -0.39 is 6.04 Å². The normalized spacial score (nSPS) is 13.1. The predicted molar refractivity (Wildman–Crippen MR) is 144 cm³/mol. The van der Waals surface area contributed by atoms with Crippen LogP contribution in [0.25, 0.3) is 10.9 Å². The van der Waals surface area contributed by atoms with Crippen molar-refractivity contribution in [1.82, 2.24) is 4.98 Å². The number of fused-ring (bicyclic) bond motifs is 2. The van der Waals surface area contributed by atoms with E-state index >= 15 is 0 Å². The van der Waals surface area contributed by atoms with Crippen molar-refractivity contribution in [2.45, 2.75) is 19.4 Å². The van der Waals surface area contributed by atoms with Crippen LogP contribution in [0.4, 0.5) is 11.4 Å².